The maximum Gasteiger partial charge on any atom is 0.356 e. The number of esters is 2. The lowest BCUT2D eigenvalue weighted by Gasteiger charge is -2.01. The summed E-state index contributed by atoms with van der Waals surface area (Å²) in [5.41, 5.74) is 0.893. The van der Waals surface area contributed by atoms with Gasteiger partial charge in [0, 0.05) is 12.3 Å². The van der Waals surface area contributed by atoms with E-state index in [2.05, 4.69) is 4.98 Å². The standard InChI is InChI=1S/C13H15NO4/c1-3-17-12(15)6-5-10-7-8-14-11(9-10)13(16)18-4-2/h5-9H,3-4H2,1-2H3. The third-order valence-electron chi connectivity index (χ3n) is 1.97. The third kappa shape index (κ3) is 4.37. The Morgan fingerprint density at radius 1 is 1.28 bits per heavy atom. The van der Waals surface area contributed by atoms with E-state index in [9.17, 15) is 9.59 Å². The van der Waals surface area contributed by atoms with Crippen molar-refractivity contribution in [2.24, 2.45) is 0 Å². The summed E-state index contributed by atoms with van der Waals surface area (Å²) in [5, 5.41) is 0. The molecular formula is C13H15NO4. The van der Waals surface area contributed by atoms with Gasteiger partial charge in [0.25, 0.3) is 0 Å². The van der Waals surface area contributed by atoms with Crippen molar-refractivity contribution in [1.29, 1.82) is 0 Å². The van der Waals surface area contributed by atoms with Crippen molar-refractivity contribution in [2.45, 2.75) is 13.8 Å². The zero-order valence-corrected chi connectivity index (χ0v) is 10.4. The molecule has 0 unspecified atom stereocenters. The average molecular weight is 249 g/mol. The molecule has 0 saturated carbocycles. The number of hydrogen-bond acceptors (Lipinski definition) is 5. The second kappa shape index (κ2) is 7.21. The highest BCUT2D eigenvalue weighted by molar-refractivity contribution is 5.89. The molecule has 96 valence electrons. The average Bonchev–Trinajstić information content (AvgIpc) is 2.37. The Labute approximate surface area is 105 Å². The zero-order chi connectivity index (χ0) is 13.4. The first kappa shape index (κ1) is 13.9. The molecule has 0 atom stereocenters. The molecule has 0 spiro atoms. The number of nitrogens with zero attached hydrogens (tertiary/aromatic N) is 1. The maximum atomic E-state index is 11.4. The van der Waals surface area contributed by atoms with Gasteiger partial charge < -0.3 is 9.47 Å². The second-order valence-electron chi connectivity index (χ2n) is 3.28. The highest BCUT2D eigenvalue weighted by Crippen LogP contribution is 2.06. The minimum atomic E-state index is -0.483. The van der Waals surface area contributed by atoms with Gasteiger partial charge in [0.15, 0.2) is 0 Å². The van der Waals surface area contributed by atoms with E-state index in [0.717, 1.165) is 0 Å². The van der Waals surface area contributed by atoms with Crippen LogP contribution in [0.4, 0.5) is 0 Å². The summed E-state index contributed by atoms with van der Waals surface area (Å²) in [7, 11) is 0. The number of aromatic nitrogens is 1. The topological polar surface area (TPSA) is 65.5 Å². The van der Waals surface area contributed by atoms with E-state index in [-0.39, 0.29) is 5.69 Å². The molecule has 0 aliphatic carbocycles. The molecule has 1 heterocycles. The SMILES string of the molecule is CCOC(=O)C=Cc1ccnc(C(=O)OCC)c1. The maximum absolute atomic E-state index is 11.4. The molecule has 5 heteroatoms. The van der Waals surface area contributed by atoms with Crippen LogP contribution in [-0.2, 0) is 14.3 Å². The predicted molar refractivity (Wildman–Crippen MR) is 65.9 cm³/mol. The molecule has 0 aromatic carbocycles. The van der Waals surface area contributed by atoms with E-state index in [1.54, 1.807) is 32.1 Å². The first-order valence-corrected chi connectivity index (χ1v) is 5.65. The number of ether oxygens (including phenoxy) is 2. The molecule has 0 bridgehead atoms. The van der Waals surface area contributed by atoms with Crippen molar-refractivity contribution in [3.63, 3.8) is 0 Å². The lowest BCUT2D eigenvalue weighted by Crippen LogP contribution is -2.06. The van der Waals surface area contributed by atoms with Crippen molar-refractivity contribution < 1.29 is 19.1 Å². The smallest absolute Gasteiger partial charge is 0.356 e. The molecule has 18 heavy (non-hydrogen) atoms. The van der Waals surface area contributed by atoms with E-state index in [1.807, 2.05) is 0 Å². The van der Waals surface area contributed by atoms with Gasteiger partial charge in [-0.2, -0.15) is 0 Å². The van der Waals surface area contributed by atoms with Crippen LogP contribution in [-0.4, -0.2) is 30.1 Å². The van der Waals surface area contributed by atoms with Gasteiger partial charge in [0.2, 0.25) is 0 Å². The number of pyridine rings is 1. The first-order chi connectivity index (χ1) is 8.67. The molecule has 0 fully saturated rings. The van der Waals surface area contributed by atoms with Gasteiger partial charge in [-0.3, -0.25) is 0 Å². The number of hydrogen-bond donors (Lipinski definition) is 0. The van der Waals surface area contributed by atoms with Crippen molar-refractivity contribution in [3.8, 4) is 0 Å². The Kier molecular flexibility index (Phi) is 5.57. The van der Waals surface area contributed by atoms with Crippen LogP contribution in [0.15, 0.2) is 24.4 Å². The Morgan fingerprint density at radius 2 is 2.00 bits per heavy atom. The summed E-state index contributed by atoms with van der Waals surface area (Å²) < 4.78 is 9.58. The van der Waals surface area contributed by atoms with Crippen LogP contribution < -0.4 is 0 Å². The van der Waals surface area contributed by atoms with E-state index in [4.69, 9.17) is 9.47 Å². The molecule has 5 nitrogen and oxygen atoms in total. The van der Waals surface area contributed by atoms with Crippen molar-refractivity contribution >= 4 is 18.0 Å². The molecule has 0 aliphatic heterocycles. The lowest BCUT2D eigenvalue weighted by atomic mass is 10.2. The molecule has 1 rings (SSSR count). The largest absolute Gasteiger partial charge is 0.463 e. The number of carbonyl (C=O) groups is 2. The van der Waals surface area contributed by atoms with Crippen molar-refractivity contribution in [2.75, 3.05) is 13.2 Å². The van der Waals surface area contributed by atoms with Crippen LogP contribution in [0.1, 0.15) is 29.9 Å². The summed E-state index contributed by atoms with van der Waals surface area (Å²) in [6, 6.07) is 3.23. The summed E-state index contributed by atoms with van der Waals surface area (Å²) in [5.74, 6) is -0.907. The van der Waals surface area contributed by atoms with Crippen LogP contribution >= 0.6 is 0 Å². The fourth-order valence-corrected chi connectivity index (χ4v) is 1.22. The third-order valence-corrected chi connectivity index (χ3v) is 1.97. The highest BCUT2D eigenvalue weighted by atomic mass is 16.5. The van der Waals surface area contributed by atoms with Crippen LogP contribution in [0.2, 0.25) is 0 Å². The summed E-state index contributed by atoms with van der Waals surface area (Å²) in [6.45, 7) is 4.08. The van der Waals surface area contributed by atoms with Gasteiger partial charge in [0.1, 0.15) is 5.69 Å². The normalized spacial score (nSPS) is 10.3. The fraction of sp³-hybridized carbons (Fsp3) is 0.308. The molecule has 1 aromatic heterocycles. The molecule has 0 amide bonds. The number of carbonyl (C=O) groups excluding carboxylic acids is 2. The van der Waals surface area contributed by atoms with Gasteiger partial charge in [-0.1, -0.05) is 0 Å². The summed E-state index contributed by atoms with van der Waals surface area (Å²) >= 11 is 0. The summed E-state index contributed by atoms with van der Waals surface area (Å²) in [4.78, 5) is 26.5. The van der Waals surface area contributed by atoms with Crippen LogP contribution in [0.3, 0.4) is 0 Å². The van der Waals surface area contributed by atoms with Gasteiger partial charge >= 0.3 is 11.9 Å². The summed E-state index contributed by atoms with van der Waals surface area (Å²) in [6.07, 6.45) is 4.34. The predicted octanol–water partition coefficient (Wildman–Crippen LogP) is 1.83. The van der Waals surface area contributed by atoms with Crippen LogP contribution in [0, 0.1) is 0 Å². The zero-order valence-electron chi connectivity index (χ0n) is 10.4. The lowest BCUT2D eigenvalue weighted by molar-refractivity contribution is -0.137. The van der Waals surface area contributed by atoms with Gasteiger partial charge in [-0.15, -0.1) is 0 Å². The van der Waals surface area contributed by atoms with E-state index >= 15 is 0 Å². The molecule has 0 radical (unpaired) electrons. The molecular weight excluding hydrogens is 234 g/mol. The van der Waals surface area contributed by atoms with Crippen LogP contribution in [0.25, 0.3) is 6.08 Å². The second-order valence-corrected chi connectivity index (χ2v) is 3.28. The molecule has 0 saturated heterocycles. The quantitative estimate of drug-likeness (QED) is 0.588. The fourth-order valence-electron chi connectivity index (χ4n) is 1.22. The molecule has 0 N–H and O–H groups in total. The highest BCUT2D eigenvalue weighted by Gasteiger charge is 2.07. The Bertz CT molecular complexity index is 454. The Morgan fingerprint density at radius 3 is 2.67 bits per heavy atom. The van der Waals surface area contributed by atoms with Gasteiger partial charge in [-0.05, 0) is 37.6 Å². The minimum absolute atomic E-state index is 0.211. The van der Waals surface area contributed by atoms with E-state index in [1.165, 1.54) is 12.3 Å². The minimum Gasteiger partial charge on any atom is -0.463 e. The molecule has 0 aliphatic rings. The van der Waals surface area contributed by atoms with E-state index < -0.39 is 11.9 Å². The van der Waals surface area contributed by atoms with Gasteiger partial charge in [-0.25, -0.2) is 14.6 Å². The Hall–Kier alpha value is -2.17. The Balaban J connectivity index is 2.76. The van der Waals surface area contributed by atoms with E-state index in [0.29, 0.717) is 18.8 Å². The van der Waals surface area contributed by atoms with Crippen molar-refractivity contribution in [3.05, 3.63) is 35.7 Å². The monoisotopic (exact) mass is 249 g/mol. The number of rotatable bonds is 5. The van der Waals surface area contributed by atoms with Gasteiger partial charge in [0.05, 0.1) is 13.2 Å². The first-order valence-electron chi connectivity index (χ1n) is 5.65. The van der Waals surface area contributed by atoms with Crippen molar-refractivity contribution in [1.82, 2.24) is 4.98 Å². The van der Waals surface area contributed by atoms with Crippen LogP contribution in [0.5, 0.6) is 0 Å². The molecule has 1 aromatic rings.